The maximum Gasteiger partial charge on any atom is 0.274 e. The van der Waals surface area contributed by atoms with Crippen LogP contribution in [0.4, 0.5) is 0 Å². The Balaban J connectivity index is 1.17. The summed E-state index contributed by atoms with van der Waals surface area (Å²) >= 11 is 0. The number of hydrogen-bond donors (Lipinski definition) is 1. The Morgan fingerprint density at radius 3 is 2.49 bits per heavy atom. The number of rotatable bonds is 5. The highest BCUT2D eigenvalue weighted by Crippen LogP contribution is 2.29. The van der Waals surface area contributed by atoms with Crippen LogP contribution < -0.4 is 5.32 Å². The molecular formula is C28H32N4O3. The van der Waals surface area contributed by atoms with Crippen LogP contribution in [0.5, 0.6) is 0 Å². The number of hydrogen-bond acceptors (Lipinski definition) is 4. The molecular weight excluding hydrogens is 440 g/mol. The minimum absolute atomic E-state index is 0.0378. The van der Waals surface area contributed by atoms with Crippen molar-refractivity contribution >= 4 is 11.8 Å². The van der Waals surface area contributed by atoms with Gasteiger partial charge in [0.15, 0.2) is 5.69 Å². The Hall–Kier alpha value is -3.45. The Morgan fingerprint density at radius 1 is 1.06 bits per heavy atom. The van der Waals surface area contributed by atoms with Crippen molar-refractivity contribution in [3.8, 4) is 0 Å². The van der Waals surface area contributed by atoms with Crippen LogP contribution in [0.25, 0.3) is 0 Å². The predicted octanol–water partition coefficient (Wildman–Crippen LogP) is 4.19. The Kier molecular flexibility index (Phi) is 6.68. The first-order valence-corrected chi connectivity index (χ1v) is 12.4. The van der Waals surface area contributed by atoms with Crippen molar-refractivity contribution < 1.29 is 14.3 Å². The third-order valence-corrected chi connectivity index (χ3v) is 7.19. The van der Waals surface area contributed by atoms with E-state index in [0.717, 1.165) is 16.8 Å². The van der Waals surface area contributed by atoms with Gasteiger partial charge in [-0.3, -0.25) is 9.59 Å². The first-order valence-electron chi connectivity index (χ1n) is 12.4. The van der Waals surface area contributed by atoms with Crippen LogP contribution in [-0.2, 0) is 22.7 Å². The number of ether oxygens (including phenoxy) is 1. The van der Waals surface area contributed by atoms with E-state index in [0.29, 0.717) is 44.8 Å². The average molecular weight is 473 g/mol. The fraction of sp³-hybridized carbons (Fsp3) is 0.393. The molecule has 1 N–H and O–H groups in total. The monoisotopic (exact) mass is 472 g/mol. The smallest absolute Gasteiger partial charge is 0.274 e. The third-order valence-electron chi connectivity index (χ3n) is 7.19. The van der Waals surface area contributed by atoms with Crippen molar-refractivity contribution in [2.75, 3.05) is 13.1 Å². The lowest BCUT2D eigenvalue weighted by Crippen LogP contribution is -2.43. The normalized spacial score (nSPS) is 19.1. The van der Waals surface area contributed by atoms with Crippen LogP contribution in [-0.4, -0.2) is 39.4 Å². The first kappa shape index (κ1) is 23.3. The molecule has 1 fully saturated rings. The number of likely N-dealkylation sites (tertiary alicyclic amines) is 1. The number of piperidine rings is 1. The molecule has 182 valence electrons. The van der Waals surface area contributed by atoms with E-state index in [-0.39, 0.29) is 29.9 Å². The van der Waals surface area contributed by atoms with Gasteiger partial charge >= 0.3 is 0 Å². The van der Waals surface area contributed by atoms with E-state index in [2.05, 4.69) is 41.5 Å². The molecule has 2 aliphatic rings. The van der Waals surface area contributed by atoms with Crippen LogP contribution in [0.3, 0.4) is 0 Å². The Morgan fingerprint density at radius 2 is 1.77 bits per heavy atom. The number of nitrogens with one attached hydrogen (secondary N) is 1. The molecule has 7 nitrogen and oxygen atoms in total. The zero-order valence-corrected chi connectivity index (χ0v) is 20.3. The van der Waals surface area contributed by atoms with Crippen molar-refractivity contribution in [2.24, 2.45) is 5.92 Å². The molecule has 0 radical (unpaired) electrons. The quantitative estimate of drug-likeness (QED) is 0.604. The lowest BCUT2D eigenvalue weighted by Gasteiger charge is -2.32. The van der Waals surface area contributed by atoms with Gasteiger partial charge in [0.1, 0.15) is 6.10 Å². The molecule has 5 rings (SSSR count). The molecule has 7 heteroatoms. The van der Waals surface area contributed by atoms with E-state index in [1.54, 1.807) is 6.33 Å². The van der Waals surface area contributed by atoms with E-state index in [1.165, 1.54) is 5.56 Å². The zero-order valence-electron chi connectivity index (χ0n) is 20.3. The molecule has 2 atom stereocenters. The summed E-state index contributed by atoms with van der Waals surface area (Å²) in [6, 6.07) is 18.3. The highest BCUT2D eigenvalue weighted by atomic mass is 16.5. The summed E-state index contributed by atoms with van der Waals surface area (Å²) in [7, 11) is 0. The van der Waals surface area contributed by atoms with Gasteiger partial charge < -0.3 is 19.5 Å². The van der Waals surface area contributed by atoms with E-state index in [4.69, 9.17) is 4.74 Å². The van der Waals surface area contributed by atoms with Crippen LogP contribution in [0, 0.1) is 12.8 Å². The van der Waals surface area contributed by atoms with Crippen LogP contribution in [0.2, 0.25) is 0 Å². The number of nitrogens with zero attached hydrogens (tertiary/aromatic N) is 3. The molecule has 1 saturated heterocycles. The molecule has 3 heterocycles. The number of aromatic nitrogens is 2. The third kappa shape index (κ3) is 5.00. The van der Waals surface area contributed by atoms with Gasteiger partial charge in [-0.2, -0.15) is 0 Å². The minimum atomic E-state index is -0.0836. The SMILES string of the molecule is Cc1ccc([C@@H]2Cn3cnc(C(=O)N4CCC(C(=O)N[C@H](C)c5ccccc5)CC4)c3CO2)cc1. The van der Waals surface area contributed by atoms with Gasteiger partial charge in [-0.25, -0.2) is 4.98 Å². The molecule has 0 bridgehead atoms. The molecule has 0 unspecified atom stereocenters. The summed E-state index contributed by atoms with van der Waals surface area (Å²) in [4.78, 5) is 32.3. The number of fused-ring (bicyclic) bond motifs is 1. The van der Waals surface area contributed by atoms with E-state index >= 15 is 0 Å². The number of aryl methyl sites for hydroxylation is 1. The predicted molar refractivity (Wildman–Crippen MR) is 133 cm³/mol. The molecule has 35 heavy (non-hydrogen) atoms. The van der Waals surface area contributed by atoms with Gasteiger partial charge in [0.05, 0.1) is 31.2 Å². The standard InChI is InChI=1S/C28H32N4O3/c1-19-8-10-22(11-9-19)25-16-32-18-29-26(24(32)17-35-25)28(34)31-14-12-23(13-15-31)27(33)30-20(2)21-6-4-3-5-7-21/h3-11,18,20,23,25H,12-17H2,1-2H3,(H,30,33)/t20-,25+/m1/s1. The van der Waals surface area contributed by atoms with Crippen LogP contribution >= 0.6 is 0 Å². The molecule has 3 aromatic rings. The average Bonchev–Trinajstić information content (AvgIpc) is 3.32. The molecule has 0 saturated carbocycles. The fourth-order valence-electron chi connectivity index (χ4n) is 4.94. The second-order valence-electron chi connectivity index (χ2n) is 9.61. The summed E-state index contributed by atoms with van der Waals surface area (Å²) in [6.45, 7) is 6.17. The maximum atomic E-state index is 13.3. The van der Waals surface area contributed by atoms with Gasteiger partial charge in [-0.1, -0.05) is 60.2 Å². The van der Waals surface area contributed by atoms with Gasteiger partial charge in [0, 0.05) is 19.0 Å². The lowest BCUT2D eigenvalue weighted by molar-refractivity contribution is -0.127. The number of imidazole rings is 1. The molecule has 0 spiro atoms. The summed E-state index contributed by atoms with van der Waals surface area (Å²) in [5, 5.41) is 3.12. The first-order chi connectivity index (χ1) is 17.0. The molecule has 2 amide bonds. The minimum Gasteiger partial charge on any atom is -0.365 e. The Labute approximate surface area is 206 Å². The van der Waals surface area contributed by atoms with E-state index < -0.39 is 0 Å². The molecule has 2 aliphatic heterocycles. The lowest BCUT2D eigenvalue weighted by atomic mass is 9.95. The van der Waals surface area contributed by atoms with Gasteiger partial charge in [-0.15, -0.1) is 0 Å². The van der Waals surface area contributed by atoms with Gasteiger partial charge in [0.2, 0.25) is 5.91 Å². The number of carbonyl (C=O) groups is 2. The number of carbonyl (C=O) groups excluding carboxylic acids is 2. The van der Waals surface area contributed by atoms with Crippen LogP contribution in [0.15, 0.2) is 60.9 Å². The van der Waals surface area contributed by atoms with Crippen molar-refractivity contribution in [3.63, 3.8) is 0 Å². The Bertz CT molecular complexity index is 1180. The number of benzene rings is 2. The highest BCUT2D eigenvalue weighted by molar-refractivity contribution is 5.93. The zero-order chi connectivity index (χ0) is 24.4. The van der Waals surface area contributed by atoms with Gasteiger partial charge in [0.25, 0.3) is 5.91 Å². The second-order valence-corrected chi connectivity index (χ2v) is 9.61. The van der Waals surface area contributed by atoms with Crippen LogP contribution in [0.1, 0.15) is 64.8 Å². The summed E-state index contributed by atoms with van der Waals surface area (Å²) in [5.41, 5.74) is 4.73. The largest absolute Gasteiger partial charge is 0.365 e. The summed E-state index contributed by atoms with van der Waals surface area (Å²) < 4.78 is 8.14. The van der Waals surface area contributed by atoms with Crippen molar-refractivity contribution in [1.82, 2.24) is 19.8 Å². The number of amides is 2. The topological polar surface area (TPSA) is 76.5 Å². The van der Waals surface area contributed by atoms with Crippen molar-refractivity contribution in [1.29, 1.82) is 0 Å². The van der Waals surface area contributed by atoms with E-state index in [9.17, 15) is 9.59 Å². The summed E-state index contributed by atoms with van der Waals surface area (Å²) in [5.74, 6) is -0.101. The highest BCUT2D eigenvalue weighted by Gasteiger charge is 2.32. The molecule has 1 aromatic heterocycles. The maximum absolute atomic E-state index is 13.3. The van der Waals surface area contributed by atoms with Crippen molar-refractivity contribution in [2.45, 2.75) is 52.0 Å². The summed E-state index contributed by atoms with van der Waals surface area (Å²) in [6.07, 6.45) is 3.01. The second kappa shape index (κ2) is 10.0. The van der Waals surface area contributed by atoms with Crippen molar-refractivity contribution in [3.05, 3.63) is 89.0 Å². The molecule has 2 aromatic carbocycles. The van der Waals surface area contributed by atoms with E-state index in [1.807, 2.05) is 46.7 Å². The molecule has 0 aliphatic carbocycles. The fourth-order valence-corrected chi connectivity index (χ4v) is 4.94. The van der Waals surface area contributed by atoms with Gasteiger partial charge in [-0.05, 0) is 37.8 Å².